The number of anilines is 1. The molecule has 5 nitrogen and oxygen atoms in total. The van der Waals surface area contributed by atoms with E-state index in [0.29, 0.717) is 17.3 Å². The van der Waals surface area contributed by atoms with Gasteiger partial charge in [0.25, 0.3) is 0 Å². The van der Waals surface area contributed by atoms with E-state index < -0.39 is 0 Å². The Morgan fingerprint density at radius 3 is 2.70 bits per heavy atom. The summed E-state index contributed by atoms with van der Waals surface area (Å²) in [5.41, 5.74) is 1.58. The van der Waals surface area contributed by atoms with E-state index in [4.69, 9.17) is 16.3 Å². The molecular formula is C20H23ClFN3O2. The lowest BCUT2D eigenvalue weighted by Crippen LogP contribution is -2.45. The molecule has 0 aromatic heterocycles. The van der Waals surface area contributed by atoms with E-state index in [1.54, 1.807) is 30.3 Å². The van der Waals surface area contributed by atoms with Crippen molar-refractivity contribution in [3.63, 3.8) is 0 Å². The topological polar surface area (TPSA) is 53.6 Å². The molecule has 2 amide bonds. The predicted octanol–water partition coefficient (Wildman–Crippen LogP) is 4.27. The van der Waals surface area contributed by atoms with Crippen molar-refractivity contribution in [2.24, 2.45) is 0 Å². The number of amides is 2. The summed E-state index contributed by atoms with van der Waals surface area (Å²) in [6, 6.07) is 12.0. The molecule has 3 rings (SSSR count). The Hall–Kier alpha value is -2.31. The molecule has 27 heavy (non-hydrogen) atoms. The zero-order chi connectivity index (χ0) is 19.2. The molecule has 144 valence electrons. The van der Waals surface area contributed by atoms with E-state index in [1.165, 1.54) is 13.2 Å². The number of urea groups is 1. The molecule has 0 atom stereocenters. The van der Waals surface area contributed by atoms with Crippen LogP contribution in [-0.2, 0) is 6.54 Å². The first-order valence-electron chi connectivity index (χ1n) is 8.91. The Morgan fingerprint density at radius 2 is 2.04 bits per heavy atom. The third kappa shape index (κ3) is 5.58. The molecule has 0 unspecified atom stereocenters. The second-order valence-corrected chi connectivity index (χ2v) is 7.06. The molecule has 7 heteroatoms. The molecule has 0 bridgehead atoms. The van der Waals surface area contributed by atoms with Gasteiger partial charge in [-0.2, -0.15) is 0 Å². The van der Waals surface area contributed by atoms with Gasteiger partial charge in [-0.3, -0.25) is 4.90 Å². The van der Waals surface area contributed by atoms with E-state index in [0.717, 1.165) is 31.5 Å². The molecular weight excluding hydrogens is 369 g/mol. The monoisotopic (exact) mass is 391 g/mol. The molecule has 1 fully saturated rings. The Kier molecular flexibility index (Phi) is 6.53. The largest absolute Gasteiger partial charge is 0.494 e. The minimum Gasteiger partial charge on any atom is -0.494 e. The minimum atomic E-state index is -0.343. The minimum absolute atomic E-state index is 0.119. The first kappa shape index (κ1) is 19.5. The molecule has 1 aliphatic rings. The van der Waals surface area contributed by atoms with E-state index >= 15 is 0 Å². The maximum absolute atomic E-state index is 13.8. The summed E-state index contributed by atoms with van der Waals surface area (Å²) in [5.74, 6) is -0.0865. The van der Waals surface area contributed by atoms with Gasteiger partial charge in [0.05, 0.1) is 7.11 Å². The van der Waals surface area contributed by atoms with Crippen LogP contribution >= 0.6 is 11.6 Å². The highest BCUT2D eigenvalue weighted by Crippen LogP contribution is 2.20. The number of piperidine rings is 1. The molecule has 0 spiro atoms. The number of likely N-dealkylation sites (tertiary alicyclic amines) is 1. The number of nitrogens with one attached hydrogen (secondary N) is 2. The van der Waals surface area contributed by atoms with E-state index in [2.05, 4.69) is 15.5 Å². The average molecular weight is 392 g/mol. The molecule has 0 radical (unpaired) electrons. The van der Waals surface area contributed by atoms with Crippen molar-refractivity contribution in [1.29, 1.82) is 0 Å². The smallest absolute Gasteiger partial charge is 0.319 e. The summed E-state index contributed by atoms with van der Waals surface area (Å²) in [4.78, 5) is 14.4. The number of rotatable bonds is 5. The van der Waals surface area contributed by atoms with Gasteiger partial charge in [-0.1, -0.05) is 23.7 Å². The van der Waals surface area contributed by atoms with Crippen LogP contribution in [0.3, 0.4) is 0 Å². The summed E-state index contributed by atoms with van der Waals surface area (Å²) in [6.45, 7) is 2.37. The van der Waals surface area contributed by atoms with E-state index in [-0.39, 0.29) is 23.6 Å². The zero-order valence-electron chi connectivity index (χ0n) is 15.2. The number of methoxy groups -OCH3 is 1. The highest BCUT2D eigenvalue weighted by molar-refractivity contribution is 6.30. The van der Waals surface area contributed by atoms with Crippen LogP contribution in [0.25, 0.3) is 0 Å². The quantitative estimate of drug-likeness (QED) is 0.800. The lowest BCUT2D eigenvalue weighted by molar-refractivity contribution is 0.189. The number of carbonyl (C=O) groups excluding carboxylic acids is 1. The predicted molar refractivity (Wildman–Crippen MR) is 105 cm³/mol. The standard InChI is InChI=1S/C20H23ClFN3O2/c1-27-19-6-5-14(11-18(19)22)13-25-9-7-16(8-10-25)23-20(26)24-17-4-2-3-15(21)12-17/h2-6,11-12,16H,7-10,13H2,1H3,(H2,23,24,26). The molecule has 2 N–H and O–H groups in total. The lowest BCUT2D eigenvalue weighted by atomic mass is 10.0. The van der Waals surface area contributed by atoms with Gasteiger partial charge >= 0.3 is 6.03 Å². The van der Waals surface area contributed by atoms with Crippen molar-refractivity contribution >= 4 is 23.3 Å². The van der Waals surface area contributed by atoms with Gasteiger partial charge < -0.3 is 15.4 Å². The summed E-state index contributed by atoms with van der Waals surface area (Å²) in [7, 11) is 1.46. The molecule has 2 aromatic rings. The van der Waals surface area contributed by atoms with Crippen LogP contribution in [0.2, 0.25) is 5.02 Å². The van der Waals surface area contributed by atoms with Crippen molar-refractivity contribution in [1.82, 2.24) is 10.2 Å². The normalized spacial score (nSPS) is 15.4. The van der Waals surface area contributed by atoms with Crippen molar-refractivity contribution in [2.75, 3.05) is 25.5 Å². The van der Waals surface area contributed by atoms with Crippen LogP contribution in [0.15, 0.2) is 42.5 Å². The van der Waals surface area contributed by atoms with Gasteiger partial charge in [0, 0.05) is 36.4 Å². The van der Waals surface area contributed by atoms with Gasteiger partial charge in [0.15, 0.2) is 11.6 Å². The number of ether oxygens (including phenoxy) is 1. The highest BCUT2D eigenvalue weighted by atomic mass is 35.5. The molecule has 1 heterocycles. The third-order valence-corrected chi connectivity index (χ3v) is 4.86. The van der Waals surface area contributed by atoms with Crippen molar-refractivity contribution < 1.29 is 13.9 Å². The highest BCUT2D eigenvalue weighted by Gasteiger charge is 2.21. The Labute approximate surface area is 163 Å². The average Bonchev–Trinajstić information content (AvgIpc) is 2.63. The fourth-order valence-electron chi connectivity index (χ4n) is 3.22. The van der Waals surface area contributed by atoms with E-state index in [1.807, 2.05) is 6.07 Å². The Bertz CT molecular complexity index is 795. The molecule has 2 aromatic carbocycles. The summed E-state index contributed by atoms with van der Waals surface area (Å²) < 4.78 is 18.8. The van der Waals surface area contributed by atoms with Crippen LogP contribution in [-0.4, -0.2) is 37.2 Å². The van der Waals surface area contributed by atoms with Gasteiger partial charge in [-0.15, -0.1) is 0 Å². The van der Waals surface area contributed by atoms with Gasteiger partial charge in [0.2, 0.25) is 0 Å². The van der Waals surface area contributed by atoms with Crippen molar-refractivity contribution in [3.8, 4) is 5.75 Å². The van der Waals surface area contributed by atoms with Gasteiger partial charge in [-0.25, -0.2) is 9.18 Å². The van der Waals surface area contributed by atoms with Gasteiger partial charge in [0.1, 0.15) is 0 Å². The first-order chi connectivity index (χ1) is 13.0. The van der Waals surface area contributed by atoms with Crippen LogP contribution in [0.1, 0.15) is 18.4 Å². The number of hydrogen-bond donors (Lipinski definition) is 2. The zero-order valence-corrected chi connectivity index (χ0v) is 15.9. The Balaban J connectivity index is 1.44. The second-order valence-electron chi connectivity index (χ2n) is 6.63. The molecule has 0 saturated carbocycles. The lowest BCUT2D eigenvalue weighted by Gasteiger charge is -2.32. The van der Waals surface area contributed by atoms with Crippen LogP contribution in [0.5, 0.6) is 5.75 Å². The van der Waals surface area contributed by atoms with E-state index in [9.17, 15) is 9.18 Å². The molecule has 0 aliphatic carbocycles. The fraction of sp³-hybridized carbons (Fsp3) is 0.350. The fourth-order valence-corrected chi connectivity index (χ4v) is 3.41. The number of benzene rings is 2. The molecule has 1 aliphatic heterocycles. The summed E-state index contributed by atoms with van der Waals surface area (Å²) in [5, 5.41) is 6.38. The van der Waals surface area contributed by atoms with Crippen LogP contribution in [0.4, 0.5) is 14.9 Å². The van der Waals surface area contributed by atoms with Crippen LogP contribution in [0, 0.1) is 5.82 Å². The third-order valence-electron chi connectivity index (χ3n) is 4.63. The SMILES string of the molecule is COc1ccc(CN2CCC(NC(=O)Nc3cccc(Cl)c3)CC2)cc1F. The van der Waals surface area contributed by atoms with Gasteiger partial charge in [-0.05, 0) is 48.7 Å². The number of halogens is 2. The summed E-state index contributed by atoms with van der Waals surface area (Å²) >= 11 is 5.92. The number of carbonyl (C=O) groups is 1. The van der Waals surface area contributed by atoms with Crippen LogP contribution < -0.4 is 15.4 Å². The summed E-state index contributed by atoms with van der Waals surface area (Å²) in [6.07, 6.45) is 1.70. The molecule has 1 saturated heterocycles. The first-order valence-corrected chi connectivity index (χ1v) is 9.29. The maximum Gasteiger partial charge on any atom is 0.319 e. The van der Waals surface area contributed by atoms with Crippen molar-refractivity contribution in [2.45, 2.75) is 25.4 Å². The second kappa shape index (κ2) is 9.06. The van der Waals surface area contributed by atoms with Crippen molar-refractivity contribution in [3.05, 3.63) is 58.9 Å². The Morgan fingerprint density at radius 1 is 1.26 bits per heavy atom. The number of nitrogens with zero attached hydrogens (tertiary/aromatic N) is 1. The number of hydrogen-bond acceptors (Lipinski definition) is 3. The maximum atomic E-state index is 13.8.